The van der Waals surface area contributed by atoms with Crippen LogP contribution in [0.2, 0.25) is 0 Å². The van der Waals surface area contributed by atoms with E-state index in [1.54, 1.807) is 39.0 Å². The van der Waals surface area contributed by atoms with E-state index in [1.165, 1.54) is 4.90 Å². The number of fused-ring (bicyclic) bond motifs is 1. The van der Waals surface area contributed by atoms with E-state index < -0.39 is 32.9 Å². The molecule has 8 nitrogen and oxygen atoms in total. The van der Waals surface area contributed by atoms with Gasteiger partial charge in [-0.25, -0.2) is 13.2 Å². The van der Waals surface area contributed by atoms with Gasteiger partial charge in [0.05, 0.1) is 11.4 Å². The first-order chi connectivity index (χ1) is 11.4. The topological polar surface area (TPSA) is 113 Å². The van der Waals surface area contributed by atoms with E-state index in [1.807, 2.05) is 0 Å². The van der Waals surface area contributed by atoms with E-state index in [0.29, 0.717) is 24.2 Å². The highest BCUT2D eigenvalue weighted by molar-refractivity contribution is 7.94. The van der Waals surface area contributed by atoms with Gasteiger partial charge in [0, 0.05) is 12.1 Å². The van der Waals surface area contributed by atoms with E-state index in [9.17, 15) is 18.0 Å². The van der Waals surface area contributed by atoms with Crippen molar-refractivity contribution in [2.45, 2.75) is 45.0 Å². The standard InChI is InChI=1S/C16H22N2O6S/c1-10(14(19)20)25(22,23)17-12-6-5-7-13-11(12)8-9-18(13)15(21)24-16(2,3)4/h5-7,10,17H,8-9H2,1-4H3,(H,19,20). The second-order valence-electron chi connectivity index (χ2n) is 6.81. The molecule has 0 saturated heterocycles. The van der Waals surface area contributed by atoms with E-state index in [0.717, 1.165) is 6.92 Å². The minimum Gasteiger partial charge on any atom is -0.480 e. The van der Waals surface area contributed by atoms with Crippen molar-refractivity contribution in [2.75, 3.05) is 16.2 Å². The van der Waals surface area contributed by atoms with Crippen LogP contribution in [-0.4, -0.2) is 43.0 Å². The molecule has 1 amide bonds. The zero-order chi connectivity index (χ0) is 19.0. The Morgan fingerprint density at radius 1 is 1.32 bits per heavy atom. The Morgan fingerprint density at radius 3 is 2.52 bits per heavy atom. The SMILES string of the molecule is CC(C(=O)O)S(=O)(=O)Nc1cccc2c1CCN2C(=O)OC(C)(C)C. The minimum atomic E-state index is -4.08. The van der Waals surface area contributed by atoms with Crippen LogP contribution in [0.25, 0.3) is 0 Å². The summed E-state index contributed by atoms with van der Waals surface area (Å²) < 4.78 is 32.0. The Bertz CT molecular complexity index is 797. The molecule has 2 rings (SSSR count). The van der Waals surface area contributed by atoms with Crippen molar-refractivity contribution in [2.24, 2.45) is 0 Å². The molecule has 2 N–H and O–H groups in total. The number of hydrogen-bond acceptors (Lipinski definition) is 5. The number of sulfonamides is 1. The summed E-state index contributed by atoms with van der Waals surface area (Å²) in [5, 5.41) is 7.33. The maximum atomic E-state index is 12.3. The number of carboxylic acids is 1. The number of hydrogen-bond donors (Lipinski definition) is 2. The first kappa shape index (κ1) is 19.0. The zero-order valence-corrected chi connectivity index (χ0v) is 15.4. The highest BCUT2D eigenvalue weighted by Gasteiger charge is 2.33. The van der Waals surface area contributed by atoms with Gasteiger partial charge in [0.2, 0.25) is 10.0 Å². The Morgan fingerprint density at radius 2 is 1.96 bits per heavy atom. The van der Waals surface area contributed by atoms with Crippen LogP contribution in [0.3, 0.4) is 0 Å². The zero-order valence-electron chi connectivity index (χ0n) is 14.6. The van der Waals surface area contributed by atoms with Crippen LogP contribution in [0.4, 0.5) is 16.2 Å². The summed E-state index contributed by atoms with van der Waals surface area (Å²) in [5.74, 6) is -1.43. The molecule has 9 heteroatoms. The summed E-state index contributed by atoms with van der Waals surface area (Å²) in [4.78, 5) is 24.7. The minimum absolute atomic E-state index is 0.275. The average Bonchev–Trinajstić information content (AvgIpc) is 2.89. The van der Waals surface area contributed by atoms with Gasteiger partial charge in [-0.1, -0.05) is 6.07 Å². The molecule has 0 spiro atoms. The monoisotopic (exact) mass is 370 g/mol. The molecule has 0 saturated carbocycles. The van der Waals surface area contributed by atoms with Crippen LogP contribution in [0.5, 0.6) is 0 Å². The average molecular weight is 370 g/mol. The van der Waals surface area contributed by atoms with Crippen molar-refractivity contribution in [3.63, 3.8) is 0 Å². The number of anilines is 2. The molecule has 1 heterocycles. The van der Waals surface area contributed by atoms with E-state index in [-0.39, 0.29) is 5.69 Å². The van der Waals surface area contributed by atoms with Crippen molar-refractivity contribution in [3.05, 3.63) is 23.8 Å². The molecule has 1 unspecified atom stereocenters. The third-order valence-electron chi connectivity index (χ3n) is 3.71. The van der Waals surface area contributed by atoms with Crippen molar-refractivity contribution in [1.29, 1.82) is 0 Å². The molecule has 138 valence electrons. The van der Waals surface area contributed by atoms with Crippen molar-refractivity contribution in [3.8, 4) is 0 Å². The highest BCUT2D eigenvalue weighted by Crippen LogP contribution is 2.35. The molecular formula is C16H22N2O6S. The van der Waals surface area contributed by atoms with Gasteiger partial charge in [0.15, 0.2) is 5.25 Å². The van der Waals surface area contributed by atoms with Crippen LogP contribution in [0.1, 0.15) is 33.3 Å². The lowest BCUT2D eigenvalue weighted by Crippen LogP contribution is -2.35. The molecule has 0 aliphatic carbocycles. The molecular weight excluding hydrogens is 348 g/mol. The van der Waals surface area contributed by atoms with Gasteiger partial charge in [-0.05, 0) is 46.2 Å². The number of rotatable bonds is 4. The Balaban J connectivity index is 2.30. The molecule has 1 atom stereocenters. The van der Waals surface area contributed by atoms with Gasteiger partial charge in [-0.2, -0.15) is 0 Å². The molecule has 0 aromatic heterocycles. The summed E-state index contributed by atoms with van der Waals surface area (Å²) in [5.41, 5.74) is 0.819. The third kappa shape index (κ3) is 4.22. The number of benzene rings is 1. The number of amides is 1. The maximum absolute atomic E-state index is 12.3. The summed E-state index contributed by atoms with van der Waals surface area (Å²) in [6, 6.07) is 4.85. The fourth-order valence-corrected chi connectivity index (χ4v) is 3.35. The van der Waals surface area contributed by atoms with Crippen LogP contribution in [0.15, 0.2) is 18.2 Å². The molecule has 1 aliphatic heterocycles. The van der Waals surface area contributed by atoms with Crippen LogP contribution < -0.4 is 9.62 Å². The number of nitrogens with zero attached hydrogens (tertiary/aromatic N) is 1. The van der Waals surface area contributed by atoms with Gasteiger partial charge in [-0.3, -0.25) is 14.4 Å². The Kier molecular flexibility index (Phi) is 4.99. The molecule has 1 aromatic carbocycles. The van der Waals surface area contributed by atoms with Gasteiger partial charge >= 0.3 is 12.1 Å². The molecule has 0 bridgehead atoms. The maximum Gasteiger partial charge on any atom is 0.414 e. The third-order valence-corrected chi connectivity index (χ3v) is 5.34. The van der Waals surface area contributed by atoms with Crippen LogP contribution >= 0.6 is 0 Å². The van der Waals surface area contributed by atoms with E-state index in [4.69, 9.17) is 9.84 Å². The smallest absolute Gasteiger partial charge is 0.414 e. The fourth-order valence-electron chi connectivity index (χ4n) is 2.41. The van der Waals surface area contributed by atoms with Gasteiger partial charge in [0.1, 0.15) is 5.60 Å². The Hall–Kier alpha value is -2.29. The van der Waals surface area contributed by atoms with Gasteiger partial charge in [-0.15, -0.1) is 0 Å². The summed E-state index contributed by atoms with van der Waals surface area (Å²) >= 11 is 0. The van der Waals surface area contributed by atoms with Crippen molar-refractivity contribution < 1.29 is 27.9 Å². The van der Waals surface area contributed by atoms with Gasteiger partial charge in [0.25, 0.3) is 0 Å². The van der Waals surface area contributed by atoms with Crippen LogP contribution in [-0.2, 0) is 26.0 Å². The molecule has 1 aromatic rings. The highest BCUT2D eigenvalue weighted by atomic mass is 32.2. The first-order valence-corrected chi connectivity index (χ1v) is 9.34. The lowest BCUT2D eigenvalue weighted by atomic mass is 10.1. The Labute approximate surface area is 146 Å². The largest absolute Gasteiger partial charge is 0.480 e. The summed E-state index contributed by atoms with van der Waals surface area (Å²) in [6.07, 6.45) is -0.0699. The van der Waals surface area contributed by atoms with Crippen molar-refractivity contribution >= 4 is 33.5 Å². The number of aliphatic carboxylic acids is 1. The second-order valence-corrected chi connectivity index (χ2v) is 8.81. The van der Waals surface area contributed by atoms with E-state index >= 15 is 0 Å². The van der Waals surface area contributed by atoms with Crippen molar-refractivity contribution in [1.82, 2.24) is 0 Å². The van der Waals surface area contributed by atoms with Gasteiger partial charge < -0.3 is 9.84 Å². The molecule has 1 aliphatic rings. The number of carboxylic acid groups (broad SMARTS) is 1. The molecule has 0 radical (unpaired) electrons. The normalized spacial score (nSPS) is 15.4. The lowest BCUT2D eigenvalue weighted by Gasteiger charge is -2.25. The molecule has 25 heavy (non-hydrogen) atoms. The van der Waals surface area contributed by atoms with E-state index in [2.05, 4.69) is 4.72 Å². The lowest BCUT2D eigenvalue weighted by molar-refractivity contribution is -0.136. The predicted octanol–water partition coefficient (Wildman–Crippen LogP) is 2.20. The predicted molar refractivity (Wildman–Crippen MR) is 93.4 cm³/mol. The summed E-state index contributed by atoms with van der Waals surface area (Å²) in [6.45, 7) is 6.75. The van der Waals surface area contributed by atoms with Crippen LogP contribution in [0, 0.1) is 0 Å². The molecule has 0 fully saturated rings. The number of carbonyl (C=O) groups excluding carboxylic acids is 1. The summed E-state index contributed by atoms with van der Waals surface area (Å²) in [7, 11) is -4.08. The second kappa shape index (κ2) is 6.55. The number of ether oxygens (including phenoxy) is 1. The fraction of sp³-hybridized carbons (Fsp3) is 0.500. The quantitative estimate of drug-likeness (QED) is 0.840. The number of carbonyl (C=O) groups is 2. The first-order valence-electron chi connectivity index (χ1n) is 7.79. The number of nitrogens with one attached hydrogen (secondary N) is 1.